The topological polar surface area (TPSA) is 70.8 Å². The highest BCUT2D eigenvalue weighted by atomic mass is 19.1. The van der Waals surface area contributed by atoms with Crippen molar-refractivity contribution in [2.24, 2.45) is 0 Å². The number of aliphatic carboxylic acids is 1. The SMILES string of the molecule is Cc1c(C(=O)N2CCC[C@@H]2C(=O)O)oc2ccc(F)cc12. The van der Waals surface area contributed by atoms with Gasteiger partial charge < -0.3 is 14.4 Å². The number of furan rings is 1. The van der Waals surface area contributed by atoms with Crippen molar-refractivity contribution in [3.8, 4) is 0 Å². The van der Waals surface area contributed by atoms with Crippen molar-refractivity contribution in [1.29, 1.82) is 0 Å². The number of halogens is 1. The standard InChI is InChI=1S/C15H14FNO4/c1-8-10-7-9(16)4-5-12(10)21-13(8)14(18)17-6-2-3-11(17)15(19)20/h4-5,7,11H,2-3,6H2,1H3,(H,19,20)/t11-/m1/s1. The molecule has 1 atom stereocenters. The fourth-order valence-corrected chi connectivity index (χ4v) is 2.79. The number of hydrogen-bond donors (Lipinski definition) is 1. The van der Waals surface area contributed by atoms with Crippen LogP contribution in [0, 0.1) is 12.7 Å². The molecule has 0 radical (unpaired) electrons. The number of carbonyl (C=O) groups excluding carboxylic acids is 1. The molecule has 0 aliphatic carbocycles. The molecule has 1 aliphatic heterocycles. The van der Waals surface area contributed by atoms with Gasteiger partial charge in [-0.1, -0.05) is 0 Å². The second kappa shape index (κ2) is 4.87. The first-order chi connectivity index (χ1) is 9.99. The van der Waals surface area contributed by atoms with Gasteiger partial charge in [-0.2, -0.15) is 0 Å². The Labute approximate surface area is 119 Å². The largest absolute Gasteiger partial charge is 0.480 e. The molecule has 0 bridgehead atoms. The Kier molecular flexibility index (Phi) is 3.16. The van der Waals surface area contributed by atoms with Crippen molar-refractivity contribution in [3.05, 3.63) is 35.3 Å². The molecule has 1 aromatic carbocycles. The van der Waals surface area contributed by atoms with Crippen molar-refractivity contribution in [3.63, 3.8) is 0 Å². The second-order valence-corrected chi connectivity index (χ2v) is 5.19. The number of carboxylic acid groups (broad SMARTS) is 1. The summed E-state index contributed by atoms with van der Waals surface area (Å²) >= 11 is 0. The van der Waals surface area contributed by atoms with Crippen molar-refractivity contribution >= 4 is 22.8 Å². The minimum absolute atomic E-state index is 0.0868. The van der Waals surface area contributed by atoms with Gasteiger partial charge in [-0.25, -0.2) is 9.18 Å². The summed E-state index contributed by atoms with van der Waals surface area (Å²) in [6.07, 6.45) is 1.09. The second-order valence-electron chi connectivity index (χ2n) is 5.19. The summed E-state index contributed by atoms with van der Waals surface area (Å²) in [4.78, 5) is 25.0. The van der Waals surface area contributed by atoms with E-state index in [1.807, 2.05) is 0 Å². The summed E-state index contributed by atoms with van der Waals surface area (Å²) in [7, 11) is 0. The highest BCUT2D eigenvalue weighted by Crippen LogP contribution is 2.29. The molecule has 0 saturated carbocycles. The Bertz CT molecular complexity index is 737. The third kappa shape index (κ3) is 2.16. The summed E-state index contributed by atoms with van der Waals surface area (Å²) in [6.45, 7) is 2.06. The van der Waals surface area contributed by atoms with Gasteiger partial charge in [0.25, 0.3) is 5.91 Å². The quantitative estimate of drug-likeness (QED) is 0.923. The molecule has 5 nitrogen and oxygen atoms in total. The van der Waals surface area contributed by atoms with Crippen LogP contribution in [0.1, 0.15) is 29.0 Å². The van der Waals surface area contributed by atoms with E-state index in [0.29, 0.717) is 35.9 Å². The fourth-order valence-electron chi connectivity index (χ4n) is 2.79. The van der Waals surface area contributed by atoms with Crippen LogP contribution in [0.25, 0.3) is 11.0 Å². The van der Waals surface area contributed by atoms with Gasteiger partial charge in [0.15, 0.2) is 5.76 Å². The average Bonchev–Trinajstić information content (AvgIpc) is 3.04. The predicted octanol–water partition coefficient (Wildman–Crippen LogP) is 2.57. The molecule has 2 heterocycles. The zero-order valence-corrected chi connectivity index (χ0v) is 11.4. The van der Waals surface area contributed by atoms with Crippen LogP contribution in [-0.2, 0) is 4.79 Å². The van der Waals surface area contributed by atoms with Gasteiger partial charge in [-0.05, 0) is 38.0 Å². The number of benzene rings is 1. The Morgan fingerprint density at radius 3 is 2.90 bits per heavy atom. The van der Waals surface area contributed by atoms with E-state index in [-0.39, 0.29) is 5.76 Å². The molecule has 110 valence electrons. The normalized spacial score (nSPS) is 18.4. The van der Waals surface area contributed by atoms with Crippen LogP contribution in [0.15, 0.2) is 22.6 Å². The average molecular weight is 291 g/mol. The van der Waals surface area contributed by atoms with Gasteiger partial charge in [0.1, 0.15) is 17.4 Å². The molecule has 1 saturated heterocycles. The minimum atomic E-state index is -1.01. The monoisotopic (exact) mass is 291 g/mol. The van der Waals surface area contributed by atoms with E-state index in [2.05, 4.69) is 0 Å². The first-order valence-electron chi connectivity index (χ1n) is 6.71. The van der Waals surface area contributed by atoms with E-state index in [1.165, 1.54) is 23.1 Å². The molecule has 1 N–H and O–H groups in total. The Hall–Kier alpha value is -2.37. The number of amides is 1. The Balaban J connectivity index is 2.02. The van der Waals surface area contributed by atoms with Crippen LogP contribution in [0.3, 0.4) is 0 Å². The maximum Gasteiger partial charge on any atom is 0.326 e. The Morgan fingerprint density at radius 1 is 1.43 bits per heavy atom. The lowest BCUT2D eigenvalue weighted by Gasteiger charge is -2.20. The van der Waals surface area contributed by atoms with Crippen LogP contribution < -0.4 is 0 Å². The van der Waals surface area contributed by atoms with E-state index in [4.69, 9.17) is 9.52 Å². The molecule has 0 unspecified atom stereocenters. The fraction of sp³-hybridized carbons (Fsp3) is 0.333. The number of aryl methyl sites for hydroxylation is 1. The number of carbonyl (C=O) groups is 2. The summed E-state index contributed by atoms with van der Waals surface area (Å²) < 4.78 is 18.8. The summed E-state index contributed by atoms with van der Waals surface area (Å²) in [5.41, 5.74) is 0.953. The van der Waals surface area contributed by atoms with Crippen molar-refractivity contribution in [2.45, 2.75) is 25.8 Å². The van der Waals surface area contributed by atoms with Crippen molar-refractivity contribution in [1.82, 2.24) is 4.90 Å². The molecule has 2 aromatic rings. The number of hydrogen-bond acceptors (Lipinski definition) is 3. The summed E-state index contributed by atoms with van der Waals surface area (Å²) in [5, 5.41) is 9.68. The summed E-state index contributed by atoms with van der Waals surface area (Å²) in [5.74, 6) is -1.78. The molecule has 1 aromatic heterocycles. The maximum atomic E-state index is 13.3. The molecule has 1 amide bonds. The lowest BCUT2D eigenvalue weighted by molar-refractivity contribution is -0.141. The Morgan fingerprint density at radius 2 is 2.19 bits per heavy atom. The predicted molar refractivity (Wildman–Crippen MR) is 72.6 cm³/mol. The molecular formula is C15H14FNO4. The first kappa shape index (κ1) is 13.6. The lowest BCUT2D eigenvalue weighted by atomic mass is 10.1. The van der Waals surface area contributed by atoms with Gasteiger partial charge in [-0.3, -0.25) is 4.79 Å². The van der Waals surface area contributed by atoms with Crippen LogP contribution >= 0.6 is 0 Å². The van der Waals surface area contributed by atoms with Crippen LogP contribution in [0.2, 0.25) is 0 Å². The zero-order chi connectivity index (χ0) is 15.1. The van der Waals surface area contributed by atoms with E-state index in [0.717, 1.165) is 0 Å². The van der Waals surface area contributed by atoms with E-state index >= 15 is 0 Å². The molecule has 6 heteroatoms. The smallest absolute Gasteiger partial charge is 0.326 e. The van der Waals surface area contributed by atoms with Crippen LogP contribution in [-0.4, -0.2) is 34.5 Å². The van der Waals surface area contributed by atoms with E-state index in [1.54, 1.807) is 6.92 Å². The van der Waals surface area contributed by atoms with Crippen molar-refractivity contribution < 1.29 is 23.5 Å². The van der Waals surface area contributed by atoms with Gasteiger partial charge in [0.2, 0.25) is 0 Å². The van der Waals surface area contributed by atoms with Crippen LogP contribution in [0.5, 0.6) is 0 Å². The molecule has 1 aliphatic rings. The zero-order valence-electron chi connectivity index (χ0n) is 11.4. The number of likely N-dealkylation sites (tertiary alicyclic amines) is 1. The minimum Gasteiger partial charge on any atom is -0.480 e. The number of rotatable bonds is 2. The molecular weight excluding hydrogens is 277 g/mol. The third-order valence-electron chi connectivity index (χ3n) is 3.89. The van der Waals surface area contributed by atoms with E-state index in [9.17, 15) is 14.0 Å². The molecule has 1 fully saturated rings. The highest BCUT2D eigenvalue weighted by molar-refractivity contribution is 6.00. The molecule has 21 heavy (non-hydrogen) atoms. The maximum absolute atomic E-state index is 13.3. The molecule has 0 spiro atoms. The number of carboxylic acids is 1. The third-order valence-corrected chi connectivity index (χ3v) is 3.89. The lowest BCUT2D eigenvalue weighted by Crippen LogP contribution is -2.40. The van der Waals surface area contributed by atoms with Gasteiger partial charge in [-0.15, -0.1) is 0 Å². The number of fused-ring (bicyclic) bond motifs is 1. The van der Waals surface area contributed by atoms with Crippen LogP contribution in [0.4, 0.5) is 4.39 Å². The number of nitrogens with zero attached hydrogens (tertiary/aromatic N) is 1. The van der Waals surface area contributed by atoms with Crippen molar-refractivity contribution in [2.75, 3.05) is 6.54 Å². The van der Waals surface area contributed by atoms with Gasteiger partial charge in [0, 0.05) is 17.5 Å². The molecule has 3 rings (SSSR count). The first-order valence-corrected chi connectivity index (χ1v) is 6.71. The van der Waals surface area contributed by atoms with E-state index < -0.39 is 23.7 Å². The highest BCUT2D eigenvalue weighted by Gasteiger charge is 2.36. The van der Waals surface area contributed by atoms with Gasteiger partial charge >= 0.3 is 5.97 Å². The summed E-state index contributed by atoms with van der Waals surface area (Å²) in [6, 6.07) is 3.22. The van der Waals surface area contributed by atoms with Gasteiger partial charge in [0.05, 0.1) is 0 Å².